The van der Waals surface area contributed by atoms with E-state index >= 15 is 0 Å². The van der Waals surface area contributed by atoms with E-state index in [4.69, 9.17) is 0 Å². The Hall–Kier alpha value is -0.700. The van der Waals surface area contributed by atoms with E-state index in [1.807, 2.05) is 0 Å². The van der Waals surface area contributed by atoms with E-state index in [2.05, 4.69) is 58.4 Å². The lowest BCUT2D eigenvalue weighted by atomic mass is 9.69. The first kappa shape index (κ1) is 15.2. The molecule has 2 saturated carbocycles. The molecule has 0 saturated heterocycles. The molecule has 0 aromatic heterocycles. The maximum absolute atomic E-state index is 3.83. The third kappa shape index (κ3) is 3.56. The predicted molar refractivity (Wildman–Crippen MR) is 95.2 cm³/mol. The van der Waals surface area contributed by atoms with Gasteiger partial charge >= 0.3 is 0 Å². The van der Waals surface area contributed by atoms with Crippen LogP contribution in [0.2, 0.25) is 0 Å². The number of hydrogen-bond donors (Lipinski definition) is 1. The maximum Gasteiger partial charge on any atom is 0.0597 e. The molecule has 0 heterocycles. The van der Waals surface area contributed by atoms with Crippen LogP contribution in [0, 0.1) is 11.8 Å². The van der Waals surface area contributed by atoms with Crippen molar-refractivity contribution in [2.75, 3.05) is 24.3 Å². The minimum absolute atomic E-state index is 0.650. The normalized spacial score (nSPS) is 28.8. The number of nitrogens with one attached hydrogen (secondary N) is 1. The molecular weight excluding hydrogens is 324 g/mol. The van der Waals surface area contributed by atoms with Gasteiger partial charge in [0.25, 0.3) is 0 Å². The summed E-state index contributed by atoms with van der Waals surface area (Å²) >= 11 is 3.61. The third-order valence-electron chi connectivity index (χ3n) is 5.34. The van der Waals surface area contributed by atoms with Gasteiger partial charge in [0.1, 0.15) is 0 Å². The third-order valence-corrected chi connectivity index (χ3v) is 5.83. The summed E-state index contributed by atoms with van der Waals surface area (Å²) in [4.78, 5) is 2.20. The van der Waals surface area contributed by atoms with E-state index < -0.39 is 0 Å². The Balaban J connectivity index is 1.70. The Morgan fingerprint density at radius 2 is 1.81 bits per heavy atom. The van der Waals surface area contributed by atoms with Crippen LogP contribution >= 0.6 is 15.9 Å². The van der Waals surface area contributed by atoms with E-state index in [0.29, 0.717) is 6.04 Å². The number of benzene rings is 1. The molecule has 2 nitrogen and oxygen atoms in total. The zero-order valence-corrected chi connectivity index (χ0v) is 14.8. The molecule has 1 aromatic carbocycles. The van der Waals surface area contributed by atoms with Crippen molar-refractivity contribution in [2.24, 2.45) is 11.8 Å². The summed E-state index contributed by atoms with van der Waals surface area (Å²) < 4.78 is 1.15. The van der Waals surface area contributed by atoms with Gasteiger partial charge in [-0.3, -0.25) is 0 Å². The molecule has 0 radical (unpaired) electrons. The van der Waals surface area contributed by atoms with Crippen molar-refractivity contribution in [2.45, 2.75) is 51.0 Å². The molecule has 3 heteroatoms. The first-order valence-electron chi connectivity index (χ1n) is 8.37. The minimum Gasteiger partial charge on any atom is -0.381 e. The summed E-state index contributed by atoms with van der Waals surface area (Å²) in [5, 5.41) is 3.83. The second-order valence-corrected chi connectivity index (χ2v) is 7.93. The Labute approximate surface area is 137 Å². The lowest BCUT2D eigenvalue weighted by Crippen LogP contribution is -2.34. The van der Waals surface area contributed by atoms with Gasteiger partial charge in [-0.15, -0.1) is 0 Å². The van der Waals surface area contributed by atoms with Gasteiger partial charge in [-0.05, 0) is 49.3 Å². The van der Waals surface area contributed by atoms with Crippen LogP contribution in [-0.2, 0) is 0 Å². The topological polar surface area (TPSA) is 15.3 Å². The van der Waals surface area contributed by atoms with E-state index in [0.717, 1.165) is 16.3 Å². The van der Waals surface area contributed by atoms with Crippen LogP contribution in [0.3, 0.4) is 0 Å². The van der Waals surface area contributed by atoms with Crippen LogP contribution in [0.1, 0.15) is 44.9 Å². The van der Waals surface area contributed by atoms with Gasteiger partial charge in [0.2, 0.25) is 0 Å². The highest BCUT2D eigenvalue weighted by atomic mass is 79.9. The average Bonchev–Trinajstić information content (AvgIpc) is 2.47. The van der Waals surface area contributed by atoms with Crippen molar-refractivity contribution in [1.82, 2.24) is 0 Å². The molecule has 21 heavy (non-hydrogen) atoms. The van der Waals surface area contributed by atoms with Gasteiger partial charge in [0.15, 0.2) is 0 Å². The van der Waals surface area contributed by atoms with Crippen molar-refractivity contribution in [3.8, 4) is 0 Å². The zero-order valence-electron chi connectivity index (χ0n) is 13.2. The summed E-state index contributed by atoms with van der Waals surface area (Å²) in [6.07, 6.45) is 9.99. The molecule has 0 spiro atoms. The van der Waals surface area contributed by atoms with Gasteiger partial charge in [-0.25, -0.2) is 0 Å². The standard InChI is InChI=1S/C18H27BrN2/c1-21(2)18-10-8-15(19)12-17(18)20-16-9-7-13-5-3-4-6-14(13)11-16/h8,10,12-14,16,20H,3-7,9,11H2,1-2H3. The SMILES string of the molecule is CN(C)c1ccc(Br)cc1NC1CCC2CCCCC2C1. The van der Waals surface area contributed by atoms with Gasteiger partial charge in [-0.2, -0.15) is 0 Å². The highest BCUT2D eigenvalue weighted by Gasteiger charge is 2.32. The van der Waals surface area contributed by atoms with Crippen LogP contribution in [-0.4, -0.2) is 20.1 Å². The second kappa shape index (κ2) is 6.60. The molecule has 1 aromatic rings. The first-order chi connectivity index (χ1) is 10.1. The monoisotopic (exact) mass is 350 g/mol. The number of hydrogen-bond acceptors (Lipinski definition) is 2. The van der Waals surface area contributed by atoms with Gasteiger partial charge in [0, 0.05) is 24.6 Å². The molecule has 0 bridgehead atoms. The van der Waals surface area contributed by atoms with Crippen molar-refractivity contribution < 1.29 is 0 Å². The fourth-order valence-corrected chi connectivity index (χ4v) is 4.60. The Bertz CT molecular complexity index is 486. The fraction of sp³-hybridized carbons (Fsp3) is 0.667. The minimum atomic E-state index is 0.650. The van der Waals surface area contributed by atoms with Crippen LogP contribution in [0.5, 0.6) is 0 Å². The Morgan fingerprint density at radius 1 is 1.05 bits per heavy atom. The average molecular weight is 351 g/mol. The van der Waals surface area contributed by atoms with Gasteiger partial charge < -0.3 is 10.2 Å². The van der Waals surface area contributed by atoms with Crippen LogP contribution in [0.25, 0.3) is 0 Å². The molecular formula is C18H27BrN2. The lowest BCUT2D eigenvalue weighted by Gasteiger charge is -2.40. The van der Waals surface area contributed by atoms with Gasteiger partial charge in [0.05, 0.1) is 11.4 Å². The first-order valence-corrected chi connectivity index (χ1v) is 9.16. The molecule has 2 aliphatic carbocycles. The molecule has 3 unspecified atom stereocenters. The molecule has 1 N–H and O–H groups in total. The van der Waals surface area contributed by atoms with Crippen molar-refractivity contribution in [1.29, 1.82) is 0 Å². The maximum atomic E-state index is 3.83. The number of anilines is 2. The summed E-state index contributed by atoms with van der Waals surface area (Å²) in [6.45, 7) is 0. The quantitative estimate of drug-likeness (QED) is 0.796. The molecule has 3 rings (SSSR count). The molecule has 3 atom stereocenters. The Morgan fingerprint density at radius 3 is 2.57 bits per heavy atom. The van der Waals surface area contributed by atoms with Crippen molar-refractivity contribution in [3.63, 3.8) is 0 Å². The number of halogens is 1. The van der Waals surface area contributed by atoms with E-state index in [9.17, 15) is 0 Å². The molecule has 116 valence electrons. The molecule has 0 aliphatic heterocycles. The summed E-state index contributed by atoms with van der Waals surface area (Å²) in [6, 6.07) is 7.19. The highest BCUT2D eigenvalue weighted by molar-refractivity contribution is 9.10. The van der Waals surface area contributed by atoms with Crippen molar-refractivity contribution >= 4 is 27.3 Å². The lowest BCUT2D eigenvalue weighted by molar-refractivity contribution is 0.162. The molecule has 2 fully saturated rings. The van der Waals surface area contributed by atoms with Crippen LogP contribution in [0.15, 0.2) is 22.7 Å². The number of nitrogens with zero attached hydrogens (tertiary/aromatic N) is 1. The summed E-state index contributed by atoms with van der Waals surface area (Å²) in [5.41, 5.74) is 2.55. The van der Waals surface area contributed by atoms with E-state index in [1.165, 1.54) is 56.3 Å². The Kier molecular flexibility index (Phi) is 4.78. The van der Waals surface area contributed by atoms with Crippen LogP contribution < -0.4 is 10.2 Å². The molecule has 0 amide bonds. The molecule has 2 aliphatic rings. The smallest absolute Gasteiger partial charge is 0.0597 e. The zero-order chi connectivity index (χ0) is 14.8. The number of rotatable bonds is 3. The van der Waals surface area contributed by atoms with E-state index in [-0.39, 0.29) is 0 Å². The summed E-state index contributed by atoms with van der Waals surface area (Å²) in [5.74, 6) is 1.99. The van der Waals surface area contributed by atoms with Crippen LogP contribution in [0.4, 0.5) is 11.4 Å². The largest absolute Gasteiger partial charge is 0.381 e. The predicted octanol–water partition coefficient (Wildman–Crippen LogP) is 5.29. The van der Waals surface area contributed by atoms with E-state index in [1.54, 1.807) is 0 Å². The number of fused-ring (bicyclic) bond motifs is 1. The van der Waals surface area contributed by atoms with Gasteiger partial charge in [-0.1, -0.05) is 41.6 Å². The highest BCUT2D eigenvalue weighted by Crippen LogP contribution is 2.41. The fourth-order valence-electron chi connectivity index (χ4n) is 4.24. The summed E-state index contributed by atoms with van der Waals surface area (Å²) in [7, 11) is 4.24. The second-order valence-electron chi connectivity index (χ2n) is 7.01. The van der Waals surface area contributed by atoms with Crippen molar-refractivity contribution in [3.05, 3.63) is 22.7 Å².